The van der Waals surface area contributed by atoms with Gasteiger partial charge in [-0.15, -0.1) is 0 Å². The summed E-state index contributed by atoms with van der Waals surface area (Å²) in [6, 6.07) is 10.2. The van der Waals surface area contributed by atoms with Crippen molar-refractivity contribution in [3.8, 4) is 0 Å². The van der Waals surface area contributed by atoms with Crippen LogP contribution in [0.4, 0.5) is 0 Å². The molecule has 1 atom stereocenters. The Morgan fingerprint density at radius 2 is 1.90 bits per heavy atom. The van der Waals surface area contributed by atoms with Gasteiger partial charge in [0.05, 0.1) is 6.54 Å². The van der Waals surface area contributed by atoms with Gasteiger partial charge in [0.2, 0.25) is 0 Å². The van der Waals surface area contributed by atoms with E-state index in [-0.39, 0.29) is 6.61 Å². The summed E-state index contributed by atoms with van der Waals surface area (Å²) in [5.74, 6) is 1.35. The largest absolute Gasteiger partial charge is 0.396 e. The van der Waals surface area contributed by atoms with E-state index in [9.17, 15) is 0 Å². The standard InChI is InChI=1S/C17H29N3O/c1-3-8-15(11-12-21)13-19-17(18-4-2)20-14-16-9-6-5-7-10-16/h5-7,9-10,15,21H,3-4,8,11-14H2,1-2H3,(H2,18,19,20). The maximum absolute atomic E-state index is 9.11. The van der Waals surface area contributed by atoms with Gasteiger partial charge in [0.1, 0.15) is 0 Å². The molecular formula is C17H29N3O. The molecule has 0 fully saturated rings. The molecule has 4 nitrogen and oxygen atoms in total. The van der Waals surface area contributed by atoms with E-state index in [1.54, 1.807) is 0 Å². The number of guanidine groups is 1. The predicted octanol–water partition coefficient (Wildman–Crippen LogP) is 2.54. The molecule has 0 saturated heterocycles. The van der Waals surface area contributed by atoms with E-state index in [4.69, 9.17) is 5.11 Å². The Labute approximate surface area is 128 Å². The minimum atomic E-state index is 0.254. The normalized spacial score (nSPS) is 13.0. The van der Waals surface area contributed by atoms with Crippen LogP contribution in [-0.2, 0) is 6.54 Å². The Kier molecular flexibility index (Phi) is 9.29. The van der Waals surface area contributed by atoms with Gasteiger partial charge in [-0.05, 0) is 31.2 Å². The number of aliphatic hydroxyl groups is 1. The lowest BCUT2D eigenvalue weighted by Gasteiger charge is -2.18. The molecule has 1 unspecified atom stereocenters. The lowest BCUT2D eigenvalue weighted by molar-refractivity contribution is 0.251. The van der Waals surface area contributed by atoms with E-state index in [1.807, 2.05) is 18.2 Å². The number of benzene rings is 1. The molecule has 0 aliphatic carbocycles. The third kappa shape index (κ3) is 7.71. The molecule has 1 aromatic rings. The second-order valence-corrected chi connectivity index (χ2v) is 5.23. The number of hydrogen-bond acceptors (Lipinski definition) is 2. The minimum absolute atomic E-state index is 0.254. The van der Waals surface area contributed by atoms with E-state index in [2.05, 4.69) is 41.6 Å². The van der Waals surface area contributed by atoms with Crippen LogP contribution in [0.2, 0.25) is 0 Å². The average molecular weight is 291 g/mol. The topological polar surface area (TPSA) is 56.6 Å². The van der Waals surface area contributed by atoms with Crippen LogP contribution in [0.5, 0.6) is 0 Å². The smallest absolute Gasteiger partial charge is 0.191 e. The quantitative estimate of drug-likeness (QED) is 0.484. The summed E-state index contributed by atoms with van der Waals surface area (Å²) in [6.45, 7) is 6.88. The van der Waals surface area contributed by atoms with Crippen LogP contribution >= 0.6 is 0 Å². The third-order valence-electron chi connectivity index (χ3n) is 3.40. The average Bonchev–Trinajstić information content (AvgIpc) is 2.51. The van der Waals surface area contributed by atoms with Crippen molar-refractivity contribution in [2.75, 3.05) is 19.7 Å². The minimum Gasteiger partial charge on any atom is -0.396 e. The number of aliphatic imine (C=N–C) groups is 1. The summed E-state index contributed by atoms with van der Waals surface area (Å²) in [6.07, 6.45) is 3.12. The fraction of sp³-hybridized carbons (Fsp3) is 0.588. The van der Waals surface area contributed by atoms with Crippen molar-refractivity contribution in [3.05, 3.63) is 35.9 Å². The highest BCUT2D eigenvalue weighted by Gasteiger charge is 2.08. The van der Waals surface area contributed by atoms with Crippen molar-refractivity contribution in [3.63, 3.8) is 0 Å². The van der Waals surface area contributed by atoms with Gasteiger partial charge >= 0.3 is 0 Å². The zero-order valence-corrected chi connectivity index (χ0v) is 13.3. The van der Waals surface area contributed by atoms with E-state index in [0.717, 1.165) is 38.3 Å². The number of rotatable bonds is 9. The summed E-state index contributed by atoms with van der Waals surface area (Å²) >= 11 is 0. The first-order chi connectivity index (χ1) is 10.3. The highest BCUT2D eigenvalue weighted by atomic mass is 16.3. The maximum Gasteiger partial charge on any atom is 0.191 e. The molecule has 21 heavy (non-hydrogen) atoms. The fourth-order valence-electron chi connectivity index (χ4n) is 2.28. The van der Waals surface area contributed by atoms with Gasteiger partial charge in [-0.3, -0.25) is 0 Å². The Morgan fingerprint density at radius 3 is 2.52 bits per heavy atom. The zero-order chi connectivity index (χ0) is 15.3. The van der Waals surface area contributed by atoms with E-state index in [1.165, 1.54) is 5.56 Å². The lowest BCUT2D eigenvalue weighted by atomic mass is 10.0. The SMILES string of the molecule is CCCC(CCO)CNC(=NCc1ccccc1)NCC. The van der Waals surface area contributed by atoms with Gasteiger partial charge in [-0.2, -0.15) is 0 Å². The number of hydrogen-bond donors (Lipinski definition) is 3. The van der Waals surface area contributed by atoms with Crippen LogP contribution in [0.1, 0.15) is 38.7 Å². The van der Waals surface area contributed by atoms with Crippen LogP contribution in [0, 0.1) is 5.92 Å². The summed E-state index contributed by atoms with van der Waals surface area (Å²) in [4.78, 5) is 4.61. The summed E-state index contributed by atoms with van der Waals surface area (Å²) in [5, 5.41) is 15.8. The molecule has 118 valence electrons. The van der Waals surface area contributed by atoms with E-state index < -0.39 is 0 Å². The maximum atomic E-state index is 9.11. The highest BCUT2D eigenvalue weighted by Crippen LogP contribution is 2.09. The van der Waals surface area contributed by atoms with Gasteiger partial charge < -0.3 is 15.7 Å². The molecule has 0 bridgehead atoms. The molecule has 0 heterocycles. The monoisotopic (exact) mass is 291 g/mol. The second-order valence-electron chi connectivity index (χ2n) is 5.23. The molecule has 0 aromatic heterocycles. The Bertz CT molecular complexity index is 386. The Morgan fingerprint density at radius 1 is 1.14 bits per heavy atom. The van der Waals surface area contributed by atoms with Crippen molar-refractivity contribution in [2.45, 2.75) is 39.7 Å². The molecule has 1 rings (SSSR count). The van der Waals surface area contributed by atoms with Gasteiger partial charge in [-0.1, -0.05) is 43.7 Å². The number of aliphatic hydroxyl groups excluding tert-OH is 1. The van der Waals surface area contributed by atoms with Gasteiger partial charge in [0.25, 0.3) is 0 Å². The van der Waals surface area contributed by atoms with Crippen molar-refractivity contribution < 1.29 is 5.11 Å². The van der Waals surface area contributed by atoms with Crippen LogP contribution in [0.25, 0.3) is 0 Å². The highest BCUT2D eigenvalue weighted by molar-refractivity contribution is 5.79. The first-order valence-corrected chi connectivity index (χ1v) is 7.97. The summed E-state index contributed by atoms with van der Waals surface area (Å²) in [7, 11) is 0. The Balaban J connectivity index is 2.51. The van der Waals surface area contributed by atoms with Crippen molar-refractivity contribution in [1.82, 2.24) is 10.6 Å². The Hall–Kier alpha value is -1.55. The second kappa shape index (κ2) is 11.1. The molecule has 0 spiro atoms. The molecule has 3 N–H and O–H groups in total. The molecule has 0 amide bonds. The first kappa shape index (κ1) is 17.5. The van der Waals surface area contributed by atoms with E-state index >= 15 is 0 Å². The molecular weight excluding hydrogens is 262 g/mol. The molecule has 4 heteroatoms. The van der Waals surface area contributed by atoms with Crippen molar-refractivity contribution in [1.29, 1.82) is 0 Å². The first-order valence-electron chi connectivity index (χ1n) is 7.97. The van der Waals surface area contributed by atoms with Crippen LogP contribution in [0.15, 0.2) is 35.3 Å². The van der Waals surface area contributed by atoms with Gasteiger partial charge in [-0.25, -0.2) is 4.99 Å². The van der Waals surface area contributed by atoms with Crippen molar-refractivity contribution >= 4 is 5.96 Å². The zero-order valence-electron chi connectivity index (χ0n) is 13.3. The third-order valence-corrected chi connectivity index (χ3v) is 3.40. The fourth-order valence-corrected chi connectivity index (χ4v) is 2.28. The molecule has 0 aliphatic rings. The van der Waals surface area contributed by atoms with Crippen LogP contribution < -0.4 is 10.6 Å². The lowest BCUT2D eigenvalue weighted by Crippen LogP contribution is -2.40. The molecule has 0 aliphatic heterocycles. The van der Waals surface area contributed by atoms with Gasteiger partial charge in [0.15, 0.2) is 5.96 Å². The summed E-state index contributed by atoms with van der Waals surface area (Å²) < 4.78 is 0. The van der Waals surface area contributed by atoms with E-state index in [0.29, 0.717) is 12.5 Å². The predicted molar refractivity (Wildman–Crippen MR) is 89.4 cm³/mol. The number of nitrogens with one attached hydrogen (secondary N) is 2. The van der Waals surface area contributed by atoms with Crippen LogP contribution in [-0.4, -0.2) is 30.8 Å². The van der Waals surface area contributed by atoms with Crippen LogP contribution in [0.3, 0.4) is 0 Å². The van der Waals surface area contributed by atoms with Crippen molar-refractivity contribution in [2.24, 2.45) is 10.9 Å². The summed E-state index contributed by atoms with van der Waals surface area (Å²) in [5.41, 5.74) is 1.20. The molecule has 0 radical (unpaired) electrons. The molecule has 0 saturated carbocycles. The number of nitrogens with zero attached hydrogens (tertiary/aromatic N) is 1. The van der Waals surface area contributed by atoms with Gasteiger partial charge in [0, 0.05) is 19.7 Å². The molecule has 1 aromatic carbocycles.